The van der Waals surface area contributed by atoms with E-state index in [9.17, 15) is 23.1 Å². The number of carbonyl (C=O) groups excluding carboxylic acids is 1. The number of carbonyl (C=O) groups is 2. The van der Waals surface area contributed by atoms with Gasteiger partial charge in [0.15, 0.2) is 9.84 Å². The zero-order valence-electron chi connectivity index (χ0n) is 32.0. The topological polar surface area (TPSA) is 101 Å². The number of allylic oxidation sites excluding steroid dienone is 1. The number of aliphatic carboxylic acids is 1. The molecule has 6 fully saturated rings. The number of hydrogen-bond acceptors (Lipinski definition) is 6. The minimum absolute atomic E-state index is 0.106. The maximum atomic E-state index is 13.1. The summed E-state index contributed by atoms with van der Waals surface area (Å²) in [6, 6.07) is 0. The van der Waals surface area contributed by atoms with Crippen molar-refractivity contribution in [2.75, 3.05) is 31.1 Å². The van der Waals surface area contributed by atoms with E-state index < -0.39 is 21.2 Å². The highest BCUT2D eigenvalue weighted by Gasteiger charge is 2.71. The molecule has 1 saturated heterocycles. The van der Waals surface area contributed by atoms with Gasteiger partial charge in [0.25, 0.3) is 0 Å². The van der Waals surface area contributed by atoms with Gasteiger partial charge in [-0.2, -0.15) is 0 Å². The maximum Gasteiger partial charge on any atom is 0.309 e. The van der Waals surface area contributed by atoms with Crippen LogP contribution in [0.15, 0.2) is 12.2 Å². The van der Waals surface area contributed by atoms with Gasteiger partial charge in [-0.05, 0) is 149 Å². The Bertz CT molecular complexity index is 1440. The molecule has 0 bridgehead atoms. The summed E-state index contributed by atoms with van der Waals surface area (Å²) >= 11 is 0. The Hall–Kier alpha value is -1.41. The first-order chi connectivity index (χ1) is 22.6. The first-order valence-corrected chi connectivity index (χ1v) is 21.5. The summed E-state index contributed by atoms with van der Waals surface area (Å²) in [5, 5.41) is 9.59. The van der Waals surface area contributed by atoms with Crippen LogP contribution in [0.3, 0.4) is 0 Å². The molecule has 0 radical (unpaired) electrons. The van der Waals surface area contributed by atoms with Gasteiger partial charge in [-0.15, -0.1) is 0 Å². The molecule has 0 amide bonds. The lowest BCUT2D eigenvalue weighted by Crippen LogP contribution is -2.66. The zero-order valence-corrected chi connectivity index (χ0v) is 32.9. The van der Waals surface area contributed by atoms with E-state index in [4.69, 9.17) is 4.74 Å². The van der Waals surface area contributed by atoms with Gasteiger partial charge in [-0.1, -0.05) is 46.8 Å². The van der Waals surface area contributed by atoms with Crippen LogP contribution in [0.5, 0.6) is 0 Å². The van der Waals surface area contributed by atoms with Crippen LogP contribution in [0.25, 0.3) is 0 Å². The number of ether oxygens (including phenoxy) is 1. The van der Waals surface area contributed by atoms with Crippen molar-refractivity contribution < 1.29 is 27.9 Å². The third-order valence-corrected chi connectivity index (χ3v) is 18.6. The van der Waals surface area contributed by atoms with Crippen LogP contribution < -0.4 is 0 Å². The maximum absolute atomic E-state index is 13.1. The lowest BCUT2D eigenvalue weighted by molar-refractivity contribution is -0.250. The molecule has 0 aromatic carbocycles. The average Bonchev–Trinajstić information content (AvgIpc) is 3.38. The highest BCUT2D eigenvalue weighted by atomic mass is 32.2. The predicted molar refractivity (Wildman–Crippen MR) is 195 cm³/mol. The molecule has 0 spiro atoms. The normalized spacial score (nSPS) is 44.5. The van der Waals surface area contributed by atoms with E-state index in [0.717, 1.165) is 25.8 Å². The number of esters is 1. The summed E-state index contributed by atoms with van der Waals surface area (Å²) < 4.78 is 30.5. The SMILES string of the molecule is C=C(C)[C@@H]1CC[C@]2(CCN3CCS(=O)(=O)CC3)CC[C@]3(C)[C@H](CC[C@@H]4[C@@]5(C)CC[C@H](OC(=O)CC(C)(C)C(=O)O)C(C)(C)[C@@H]5CC[C@]43C)[C@@H]12. The molecule has 6 aliphatic rings. The Balaban J connectivity index is 1.23. The molecule has 1 aliphatic heterocycles. The second kappa shape index (κ2) is 12.3. The van der Waals surface area contributed by atoms with Crippen molar-refractivity contribution in [2.45, 2.75) is 139 Å². The lowest BCUT2D eigenvalue weighted by atomic mass is 9.32. The summed E-state index contributed by atoms with van der Waals surface area (Å²) in [5.41, 5.74) is 1.04. The number of hydrogen-bond donors (Lipinski definition) is 1. The molecule has 49 heavy (non-hydrogen) atoms. The largest absolute Gasteiger partial charge is 0.481 e. The lowest BCUT2D eigenvalue weighted by Gasteiger charge is -2.73. The molecule has 1 N–H and O–H groups in total. The molecule has 0 aromatic rings. The van der Waals surface area contributed by atoms with Gasteiger partial charge in [0.05, 0.1) is 23.3 Å². The predicted octanol–water partition coefficient (Wildman–Crippen LogP) is 8.18. The van der Waals surface area contributed by atoms with Gasteiger partial charge in [-0.3, -0.25) is 9.59 Å². The van der Waals surface area contributed by atoms with Crippen LogP contribution in [-0.4, -0.2) is 67.6 Å². The minimum atomic E-state index is -2.87. The monoisotopic (exact) mass is 701 g/mol. The van der Waals surface area contributed by atoms with Crippen molar-refractivity contribution in [2.24, 2.45) is 62.1 Å². The summed E-state index contributed by atoms with van der Waals surface area (Å²) in [5.74, 6) is 2.23. The minimum Gasteiger partial charge on any atom is -0.481 e. The summed E-state index contributed by atoms with van der Waals surface area (Å²) in [6.07, 6.45) is 12.8. The van der Waals surface area contributed by atoms with Gasteiger partial charge in [0.2, 0.25) is 0 Å². The van der Waals surface area contributed by atoms with Crippen molar-refractivity contribution >= 4 is 21.8 Å². The molecule has 8 heteroatoms. The van der Waals surface area contributed by atoms with Crippen LogP contribution in [0.1, 0.15) is 132 Å². The molecule has 5 aliphatic carbocycles. The van der Waals surface area contributed by atoms with Gasteiger partial charge in [-0.25, -0.2) is 8.42 Å². The van der Waals surface area contributed by atoms with E-state index in [2.05, 4.69) is 53.0 Å². The van der Waals surface area contributed by atoms with E-state index in [1.54, 1.807) is 13.8 Å². The van der Waals surface area contributed by atoms with E-state index >= 15 is 0 Å². The quantitative estimate of drug-likeness (QED) is 0.201. The molecule has 6 rings (SSSR count). The Labute approximate surface area is 297 Å². The molecule has 278 valence electrons. The fourth-order valence-corrected chi connectivity index (χ4v) is 15.2. The number of carboxylic acids is 1. The third-order valence-electron chi connectivity index (χ3n) is 17.0. The van der Waals surface area contributed by atoms with Crippen LogP contribution in [0.2, 0.25) is 0 Å². The molecule has 0 unspecified atom stereocenters. The molecule has 7 nitrogen and oxygen atoms in total. The van der Waals surface area contributed by atoms with Crippen LogP contribution >= 0.6 is 0 Å². The van der Waals surface area contributed by atoms with E-state index in [-0.39, 0.29) is 40.2 Å². The molecule has 5 saturated carbocycles. The Kier molecular flexibility index (Phi) is 9.41. The van der Waals surface area contributed by atoms with E-state index in [1.165, 1.54) is 56.9 Å². The number of rotatable bonds is 8. The molecular formula is C41H67NO6S. The van der Waals surface area contributed by atoms with Crippen LogP contribution in [0, 0.1) is 62.1 Å². The zero-order chi connectivity index (χ0) is 36.0. The second-order valence-electron chi connectivity index (χ2n) is 20.0. The van der Waals surface area contributed by atoms with Crippen molar-refractivity contribution in [1.29, 1.82) is 0 Å². The molecular weight excluding hydrogens is 635 g/mol. The fourth-order valence-electron chi connectivity index (χ4n) is 13.9. The molecule has 1 heterocycles. The number of carboxylic acid groups (broad SMARTS) is 1. The van der Waals surface area contributed by atoms with Crippen molar-refractivity contribution in [1.82, 2.24) is 4.90 Å². The smallest absolute Gasteiger partial charge is 0.309 e. The van der Waals surface area contributed by atoms with Gasteiger partial charge >= 0.3 is 11.9 Å². The Morgan fingerprint density at radius 3 is 2.18 bits per heavy atom. The number of nitrogens with zero attached hydrogens (tertiary/aromatic N) is 1. The fraction of sp³-hybridized carbons (Fsp3) is 0.902. The molecule has 0 aromatic heterocycles. The highest BCUT2D eigenvalue weighted by Crippen LogP contribution is 2.78. The Morgan fingerprint density at radius 1 is 0.878 bits per heavy atom. The van der Waals surface area contributed by atoms with Crippen LogP contribution in [0.4, 0.5) is 0 Å². The van der Waals surface area contributed by atoms with Gasteiger partial charge < -0.3 is 14.7 Å². The number of sulfone groups is 1. The van der Waals surface area contributed by atoms with Crippen molar-refractivity contribution in [3.63, 3.8) is 0 Å². The van der Waals surface area contributed by atoms with Gasteiger partial charge in [0.1, 0.15) is 6.10 Å². The van der Waals surface area contributed by atoms with Crippen LogP contribution in [-0.2, 0) is 24.2 Å². The average molecular weight is 702 g/mol. The first-order valence-electron chi connectivity index (χ1n) is 19.6. The van der Waals surface area contributed by atoms with E-state index in [0.29, 0.717) is 59.6 Å². The van der Waals surface area contributed by atoms with Crippen molar-refractivity contribution in [3.8, 4) is 0 Å². The van der Waals surface area contributed by atoms with E-state index in [1.807, 2.05) is 0 Å². The third kappa shape index (κ3) is 5.97. The van der Waals surface area contributed by atoms with Gasteiger partial charge in [0, 0.05) is 18.5 Å². The second-order valence-corrected chi connectivity index (χ2v) is 22.3. The van der Waals surface area contributed by atoms with Crippen molar-refractivity contribution in [3.05, 3.63) is 12.2 Å². The summed E-state index contributed by atoms with van der Waals surface area (Å²) in [7, 11) is -2.87. The summed E-state index contributed by atoms with van der Waals surface area (Å²) in [6.45, 7) is 25.0. The summed E-state index contributed by atoms with van der Waals surface area (Å²) in [4.78, 5) is 27.2. The highest BCUT2D eigenvalue weighted by molar-refractivity contribution is 7.91. The Morgan fingerprint density at radius 2 is 1.55 bits per heavy atom. The first kappa shape index (κ1) is 37.4. The number of fused-ring (bicyclic) bond motifs is 7. The molecule has 10 atom stereocenters. The standard InChI is InChI=1S/C41H67NO6S/c1-27(2)28-12-17-41(20-21-42-22-24-49(46,47)25-23-42)19-18-39(8)29(34(28)41)10-11-31-38(7)15-14-32(48-33(43)26-36(3,4)35(44)45)37(5,6)30(38)13-16-40(31,39)9/h28-32,34H,1,10-26H2,2-9H3,(H,44,45)/t28-,29+,30-,31+,32-,34+,38-,39+,40+,41+/m0/s1.